The lowest BCUT2D eigenvalue weighted by molar-refractivity contribution is 0.0174. The molecule has 3 rings (SSSR count). The van der Waals surface area contributed by atoms with Crippen LogP contribution in [-0.4, -0.2) is 0 Å². The van der Waals surface area contributed by atoms with Gasteiger partial charge in [0.2, 0.25) is 0 Å². The average molecular weight is 400 g/mol. The Hall–Kier alpha value is -2.62. The molecule has 0 aromatic heterocycles. The predicted octanol–water partition coefficient (Wildman–Crippen LogP) is 7.13. The molecule has 0 amide bonds. The first-order valence-corrected chi connectivity index (χ1v) is 9.68. The van der Waals surface area contributed by atoms with Crippen molar-refractivity contribution >= 4 is 0 Å². The standard InChI is InChI=1S/C25H24F4/c1-4-17-7-16(2)8-18(9-17)10-20-5-6-22(25(3,28)29)14-21(20)11-19-12-23(26)15-24(27)13-19/h5-9,12-15H,4,10-11H2,1-3H3. The molecule has 0 heterocycles. The fourth-order valence-corrected chi connectivity index (χ4v) is 3.64. The molecule has 152 valence electrons. The van der Waals surface area contributed by atoms with E-state index in [-0.39, 0.29) is 12.0 Å². The number of hydrogen-bond donors (Lipinski definition) is 0. The quantitative estimate of drug-likeness (QED) is 0.386. The second-order valence-electron chi connectivity index (χ2n) is 7.68. The summed E-state index contributed by atoms with van der Waals surface area (Å²) < 4.78 is 55.0. The first kappa shape index (κ1) is 21.1. The van der Waals surface area contributed by atoms with E-state index in [0.717, 1.165) is 36.1 Å². The highest BCUT2D eigenvalue weighted by Crippen LogP contribution is 2.30. The van der Waals surface area contributed by atoms with Crippen LogP contribution in [0, 0.1) is 18.6 Å². The Labute approximate surface area is 169 Å². The summed E-state index contributed by atoms with van der Waals surface area (Å²) in [5.41, 5.74) is 5.27. The van der Waals surface area contributed by atoms with Gasteiger partial charge in [0.25, 0.3) is 5.92 Å². The van der Waals surface area contributed by atoms with Crippen LogP contribution >= 0.6 is 0 Å². The van der Waals surface area contributed by atoms with Crippen LogP contribution in [-0.2, 0) is 25.2 Å². The Morgan fingerprint density at radius 2 is 1.31 bits per heavy atom. The number of aryl methyl sites for hydroxylation is 2. The van der Waals surface area contributed by atoms with Crippen LogP contribution in [0.3, 0.4) is 0 Å². The molecule has 0 saturated heterocycles. The van der Waals surface area contributed by atoms with Crippen molar-refractivity contribution in [3.05, 3.63) is 105 Å². The number of rotatable bonds is 6. The summed E-state index contributed by atoms with van der Waals surface area (Å²) in [7, 11) is 0. The second kappa shape index (κ2) is 8.40. The minimum Gasteiger partial charge on any atom is -0.207 e. The highest BCUT2D eigenvalue weighted by Gasteiger charge is 2.25. The maximum absolute atomic E-state index is 13.9. The summed E-state index contributed by atoms with van der Waals surface area (Å²) in [5.74, 6) is -4.34. The van der Waals surface area contributed by atoms with Gasteiger partial charge in [0, 0.05) is 18.6 Å². The lowest BCUT2D eigenvalue weighted by atomic mass is 9.91. The van der Waals surface area contributed by atoms with Crippen molar-refractivity contribution in [2.75, 3.05) is 0 Å². The Kier molecular flexibility index (Phi) is 6.11. The van der Waals surface area contributed by atoms with Crippen LogP contribution in [0.15, 0.2) is 54.6 Å². The molecular weight excluding hydrogens is 376 g/mol. The number of hydrogen-bond acceptors (Lipinski definition) is 0. The van der Waals surface area contributed by atoms with Gasteiger partial charge in [-0.25, -0.2) is 17.6 Å². The molecule has 0 fully saturated rings. The van der Waals surface area contributed by atoms with Gasteiger partial charge < -0.3 is 0 Å². The van der Waals surface area contributed by atoms with Crippen LogP contribution in [0.4, 0.5) is 17.6 Å². The van der Waals surface area contributed by atoms with Gasteiger partial charge in [-0.2, -0.15) is 0 Å². The molecule has 0 aliphatic carbocycles. The highest BCUT2D eigenvalue weighted by atomic mass is 19.3. The fourth-order valence-electron chi connectivity index (χ4n) is 3.64. The topological polar surface area (TPSA) is 0 Å². The van der Waals surface area contributed by atoms with Crippen molar-refractivity contribution in [2.24, 2.45) is 0 Å². The summed E-state index contributed by atoms with van der Waals surface area (Å²) in [6.07, 6.45) is 1.66. The second-order valence-corrected chi connectivity index (χ2v) is 7.68. The molecule has 0 N–H and O–H groups in total. The summed E-state index contributed by atoms with van der Waals surface area (Å²) in [5, 5.41) is 0. The van der Waals surface area contributed by atoms with Crippen LogP contribution in [0.25, 0.3) is 0 Å². The largest absolute Gasteiger partial charge is 0.270 e. The molecule has 0 aliphatic rings. The van der Waals surface area contributed by atoms with E-state index in [1.165, 1.54) is 29.8 Å². The molecule has 0 atom stereocenters. The molecular formula is C25H24F4. The van der Waals surface area contributed by atoms with Gasteiger partial charge in [0.05, 0.1) is 0 Å². The highest BCUT2D eigenvalue weighted by molar-refractivity contribution is 5.41. The number of alkyl halides is 2. The smallest absolute Gasteiger partial charge is 0.207 e. The Morgan fingerprint density at radius 1 is 0.724 bits per heavy atom. The van der Waals surface area contributed by atoms with Crippen molar-refractivity contribution in [3.8, 4) is 0 Å². The zero-order valence-corrected chi connectivity index (χ0v) is 16.8. The van der Waals surface area contributed by atoms with Gasteiger partial charge in [-0.3, -0.25) is 0 Å². The normalized spacial score (nSPS) is 11.7. The van der Waals surface area contributed by atoms with E-state index in [9.17, 15) is 17.6 Å². The number of halogens is 4. The molecule has 0 spiro atoms. The van der Waals surface area contributed by atoms with E-state index in [1.54, 1.807) is 6.07 Å². The molecule has 3 aromatic rings. The molecule has 0 nitrogen and oxygen atoms in total. The van der Waals surface area contributed by atoms with E-state index >= 15 is 0 Å². The van der Waals surface area contributed by atoms with Crippen molar-refractivity contribution in [2.45, 2.75) is 46.0 Å². The van der Waals surface area contributed by atoms with Gasteiger partial charge in [-0.15, -0.1) is 0 Å². The van der Waals surface area contributed by atoms with E-state index < -0.39 is 17.6 Å². The van der Waals surface area contributed by atoms with Crippen molar-refractivity contribution in [1.82, 2.24) is 0 Å². The SMILES string of the molecule is CCc1cc(C)cc(Cc2ccc(C(C)(F)F)cc2Cc2cc(F)cc(F)c2)c1. The van der Waals surface area contributed by atoms with Gasteiger partial charge in [-0.1, -0.05) is 42.8 Å². The third-order valence-electron chi connectivity index (χ3n) is 5.03. The van der Waals surface area contributed by atoms with E-state index in [2.05, 4.69) is 25.1 Å². The summed E-state index contributed by atoms with van der Waals surface area (Å²) in [4.78, 5) is 0. The van der Waals surface area contributed by atoms with Gasteiger partial charge >= 0.3 is 0 Å². The monoisotopic (exact) mass is 400 g/mol. The minimum atomic E-state index is -2.99. The number of benzene rings is 3. The third kappa shape index (κ3) is 5.47. The Morgan fingerprint density at radius 3 is 1.93 bits per heavy atom. The predicted molar refractivity (Wildman–Crippen MR) is 109 cm³/mol. The molecule has 0 radical (unpaired) electrons. The molecule has 3 aromatic carbocycles. The first-order chi connectivity index (χ1) is 13.6. The lowest BCUT2D eigenvalue weighted by Gasteiger charge is -2.17. The molecule has 0 saturated carbocycles. The van der Waals surface area contributed by atoms with Crippen LogP contribution < -0.4 is 0 Å². The van der Waals surface area contributed by atoms with Crippen molar-refractivity contribution in [3.63, 3.8) is 0 Å². The van der Waals surface area contributed by atoms with Gasteiger partial charge in [-0.05, 0) is 72.2 Å². The average Bonchev–Trinajstić information content (AvgIpc) is 2.61. The molecule has 0 bridgehead atoms. The Bertz CT molecular complexity index is 996. The van der Waals surface area contributed by atoms with Crippen molar-refractivity contribution < 1.29 is 17.6 Å². The molecule has 0 aliphatic heterocycles. The van der Waals surface area contributed by atoms with Crippen LogP contribution in [0.1, 0.15) is 52.8 Å². The van der Waals surface area contributed by atoms with E-state index in [0.29, 0.717) is 17.5 Å². The minimum absolute atomic E-state index is 0.105. The van der Waals surface area contributed by atoms with Crippen LogP contribution in [0.5, 0.6) is 0 Å². The third-order valence-corrected chi connectivity index (χ3v) is 5.03. The first-order valence-electron chi connectivity index (χ1n) is 9.68. The molecule has 0 unspecified atom stereocenters. The maximum Gasteiger partial charge on any atom is 0.270 e. The summed E-state index contributed by atoms with van der Waals surface area (Å²) in [6, 6.07) is 14.2. The maximum atomic E-state index is 13.9. The summed E-state index contributed by atoms with van der Waals surface area (Å²) in [6.45, 7) is 4.96. The van der Waals surface area contributed by atoms with E-state index in [4.69, 9.17) is 0 Å². The van der Waals surface area contributed by atoms with Gasteiger partial charge in [0.15, 0.2) is 0 Å². The lowest BCUT2D eigenvalue weighted by Crippen LogP contribution is -2.09. The Balaban J connectivity index is 2.03. The van der Waals surface area contributed by atoms with E-state index in [1.807, 2.05) is 6.92 Å². The molecule has 29 heavy (non-hydrogen) atoms. The van der Waals surface area contributed by atoms with Gasteiger partial charge in [0.1, 0.15) is 11.6 Å². The molecule has 4 heteroatoms. The fraction of sp³-hybridized carbons (Fsp3) is 0.280. The van der Waals surface area contributed by atoms with Crippen LogP contribution in [0.2, 0.25) is 0 Å². The zero-order valence-electron chi connectivity index (χ0n) is 16.8. The zero-order chi connectivity index (χ0) is 21.2. The summed E-state index contributed by atoms with van der Waals surface area (Å²) >= 11 is 0. The van der Waals surface area contributed by atoms with Crippen molar-refractivity contribution in [1.29, 1.82) is 0 Å².